The Bertz CT molecular complexity index is 786. The Labute approximate surface area is 161 Å². The van der Waals surface area contributed by atoms with Crippen LogP contribution in [0.4, 0.5) is 15.7 Å². The minimum absolute atomic E-state index is 0.122. The second kappa shape index (κ2) is 9.13. The first-order valence-corrected chi connectivity index (χ1v) is 9.57. The molecule has 142 valence electrons. The molecule has 1 aliphatic rings. The van der Waals surface area contributed by atoms with Crippen LogP contribution in [-0.2, 0) is 11.2 Å². The Morgan fingerprint density at radius 3 is 2.78 bits per heavy atom. The number of nitrogens with zero attached hydrogens (tertiary/aromatic N) is 4. The fourth-order valence-electron chi connectivity index (χ4n) is 2.71. The van der Waals surface area contributed by atoms with Crippen LogP contribution in [0.25, 0.3) is 0 Å². The molecule has 0 radical (unpaired) electrons. The molecule has 2 N–H and O–H groups in total. The summed E-state index contributed by atoms with van der Waals surface area (Å²) >= 11 is 1.31. The maximum Gasteiger partial charge on any atom is 0.323 e. The molecular weight excluding hydrogens is 364 g/mol. The van der Waals surface area contributed by atoms with Crippen molar-refractivity contribution in [1.82, 2.24) is 20.2 Å². The molecule has 27 heavy (non-hydrogen) atoms. The van der Waals surface area contributed by atoms with Crippen LogP contribution in [-0.4, -0.2) is 59.5 Å². The standard InChI is InChI=1S/C18H22N6O2S/c1-2-6-20-16(25)12-14-13-27-17(21-14)22-18(26)24-10-8-23(9-11-24)15-5-3-4-7-19-15/h2-5,7,13H,1,6,8-12H2,(H,20,25)(H,21,22,26). The quantitative estimate of drug-likeness (QED) is 0.738. The molecule has 1 aliphatic heterocycles. The Kier molecular flexibility index (Phi) is 6.37. The van der Waals surface area contributed by atoms with Gasteiger partial charge in [0.1, 0.15) is 5.82 Å². The minimum Gasteiger partial charge on any atom is -0.353 e. The highest BCUT2D eigenvalue weighted by atomic mass is 32.1. The molecule has 0 bridgehead atoms. The summed E-state index contributed by atoms with van der Waals surface area (Å²) in [6, 6.07) is 5.64. The number of urea groups is 1. The zero-order valence-corrected chi connectivity index (χ0v) is 15.7. The van der Waals surface area contributed by atoms with Gasteiger partial charge in [-0.3, -0.25) is 10.1 Å². The van der Waals surface area contributed by atoms with Crippen LogP contribution in [0, 0.1) is 0 Å². The monoisotopic (exact) mass is 386 g/mol. The van der Waals surface area contributed by atoms with Gasteiger partial charge in [0.25, 0.3) is 0 Å². The predicted octanol–water partition coefficient (Wildman–Crippen LogP) is 1.74. The van der Waals surface area contributed by atoms with Crippen LogP contribution in [0.1, 0.15) is 5.69 Å². The number of rotatable bonds is 6. The number of nitrogens with one attached hydrogen (secondary N) is 2. The topological polar surface area (TPSA) is 90.5 Å². The summed E-state index contributed by atoms with van der Waals surface area (Å²) in [4.78, 5) is 36.7. The highest BCUT2D eigenvalue weighted by Gasteiger charge is 2.22. The lowest BCUT2D eigenvalue weighted by Crippen LogP contribution is -2.50. The zero-order chi connectivity index (χ0) is 19.1. The number of hydrogen-bond donors (Lipinski definition) is 2. The predicted molar refractivity (Wildman–Crippen MR) is 106 cm³/mol. The molecule has 0 spiro atoms. The molecule has 1 fully saturated rings. The highest BCUT2D eigenvalue weighted by Crippen LogP contribution is 2.18. The molecule has 0 saturated carbocycles. The van der Waals surface area contributed by atoms with Gasteiger partial charge in [0.15, 0.2) is 5.13 Å². The van der Waals surface area contributed by atoms with Gasteiger partial charge in [-0.25, -0.2) is 14.8 Å². The van der Waals surface area contributed by atoms with Gasteiger partial charge in [0, 0.05) is 44.3 Å². The van der Waals surface area contributed by atoms with Crippen molar-refractivity contribution in [3.05, 3.63) is 48.1 Å². The molecule has 0 unspecified atom stereocenters. The molecule has 8 nitrogen and oxygen atoms in total. The van der Waals surface area contributed by atoms with Crippen LogP contribution in [0.5, 0.6) is 0 Å². The number of anilines is 2. The van der Waals surface area contributed by atoms with E-state index in [0.717, 1.165) is 18.9 Å². The molecular formula is C18H22N6O2S. The summed E-state index contributed by atoms with van der Waals surface area (Å²) in [5.74, 6) is 0.806. The third-order valence-electron chi connectivity index (χ3n) is 4.09. The summed E-state index contributed by atoms with van der Waals surface area (Å²) in [7, 11) is 0. The average molecular weight is 386 g/mol. The Hall–Kier alpha value is -2.94. The van der Waals surface area contributed by atoms with Gasteiger partial charge < -0.3 is 15.1 Å². The van der Waals surface area contributed by atoms with Gasteiger partial charge in [-0.2, -0.15) is 0 Å². The van der Waals surface area contributed by atoms with E-state index < -0.39 is 0 Å². The number of carbonyl (C=O) groups excluding carboxylic acids is 2. The van der Waals surface area contributed by atoms with Gasteiger partial charge in [-0.1, -0.05) is 12.1 Å². The summed E-state index contributed by atoms with van der Waals surface area (Å²) in [6.45, 7) is 6.68. The van der Waals surface area contributed by atoms with E-state index in [2.05, 4.69) is 32.1 Å². The fourth-order valence-corrected chi connectivity index (χ4v) is 3.41. The first-order chi connectivity index (χ1) is 13.2. The lowest BCUT2D eigenvalue weighted by atomic mass is 10.3. The maximum atomic E-state index is 12.4. The van der Waals surface area contributed by atoms with Crippen LogP contribution in [0.3, 0.4) is 0 Å². The number of amides is 3. The fraction of sp³-hybridized carbons (Fsp3) is 0.333. The van der Waals surface area contributed by atoms with Crippen molar-refractivity contribution >= 4 is 34.2 Å². The smallest absolute Gasteiger partial charge is 0.323 e. The van der Waals surface area contributed by atoms with E-state index >= 15 is 0 Å². The third kappa shape index (κ3) is 5.27. The van der Waals surface area contributed by atoms with Gasteiger partial charge in [0.2, 0.25) is 5.91 Å². The summed E-state index contributed by atoms with van der Waals surface area (Å²) in [5, 5.41) is 7.80. The highest BCUT2D eigenvalue weighted by molar-refractivity contribution is 7.13. The van der Waals surface area contributed by atoms with E-state index in [-0.39, 0.29) is 18.4 Å². The Morgan fingerprint density at radius 1 is 1.26 bits per heavy atom. The van der Waals surface area contributed by atoms with Crippen LogP contribution >= 0.6 is 11.3 Å². The second-order valence-electron chi connectivity index (χ2n) is 6.01. The largest absolute Gasteiger partial charge is 0.353 e. The van der Waals surface area contributed by atoms with Crippen molar-refractivity contribution in [2.75, 3.05) is 42.9 Å². The van der Waals surface area contributed by atoms with Gasteiger partial charge in [-0.05, 0) is 12.1 Å². The second-order valence-corrected chi connectivity index (χ2v) is 6.86. The lowest BCUT2D eigenvalue weighted by Gasteiger charge is -2.35. The molecule has 2 aromatic rings. The van der Waals surface area contributed by atoms with Crippen LogP contribution in [0.15, 0.2) is 42.4 Å². The van der Waals surface area contributed by atoms with Gasteiger partial charge in [-0.15, -0.1) is 17.9 Å². The zero-order valence-electron chi connectivity index (χ0n) is 14.9. The van der Waals surface area contributed by atoms with Crippen molar-refractivity contribution in [3.8, 4) is 0 Å². The molecule has 3 rings (SSSR count). The van der Waals surface area contributed by atoms with Gasteiger partial charge >= 0.3 is 6.03 Å². The van der Waals surface area contributed by atoms with Crippen molar-refractivity contribution in [3.63, 3.8) is 0 Å². The molecule has 2 aromatic heterocycles. The molecule has 3 heterocycles. The van der Waals surface area contributed by atoms with Gasteiger partial charge in [0.05, 0.1) is 12.1 Å². The Balaban J connectivity index is 1.47. The number of piperazine rings is 1. The third-order valence-corrected chi connectivity index (χ3v) is 4.90. The molecule has 1 saturated heterocycles. The van der Waals surface area contributed by atoms with Crippen molar-refractivity contribution in [2.24, 2.45) is 0 Å². The number of aromatic nitrogens is 2. The first kappa shape index (κ1) is 18.8. The molecule has 0 aromatic carbocycles. The number of pyridine rings is 1. The Morgan fingerprint density at radius 2 is 2.07 bits per heavy atom. The SMILES string of the molecule is C=CCNC(=O)Cc1csc(NC(=O)N2CCN(c3ccccn3)CC2)n1. The molecule has 0 aliphatic carbocycles. The summed E-state index contributed by atoms with van der Waals surface area (Å²) in [5.41, 5.74) is 0.636. The maximum absolute atomic E-state index is 12.4. The number of thiazole rings is 1. The normalized spacial score (nSPS) is 13.9. The van der Waals surface area contributed by atoms with E-state index in [4.69, 9.17) is 0 Å². The van der Waals surface area contributed by atoms with Crippen molar-refractivity contribution in [2.45, 2.75) is 6.42 Å². The van der Waals surface area contributed by atoms with Crippen LogP contribution in [0.2, 0.25) is 0 Å². The average Bonchev–Trinajstić information content (AvgIpc) is 3.13. The summed E-state index contributed by atoms with van der Waals surface area (Å²) in [6.07, 6.45) is 3.58. The first-order valence-electron chi connectivity index (χ1n) is 8.69. The summed E-state index contributed by atoms with van der Waals surface area (Å²) < 4.78 is 0. The van der Waals surface area contributed by atoms with E-state index in [1.165, 1.54) is 11.3 Å². The van der Waals surface area contributed by atoms with Crippen LogP contribution < -0.4 is 15.5 Å². The van der Waals surface area contributed by atoms with E-state index in [9.17, 15) is 9.59 Å². The van der Waals surface area contributed by atoms with E-state index in [1.807, 2.05) is 18.2 Å². The lowest BCUT2D eigenvalue weighted by molar-refractivity contribution is -0.120. The van der Waals surface area contributed by atoms with E-state index in [0.29, 0.717) is 30.5 Å². The molecule has 0 atom stereocenters. The number of carbonyl (C=O) groups is 2. The van der Waals surface area contributed by atoms with Crippen molar-refractivity contribution < 1.29 is 9.59 Å². The van der Waals surface area contributed by atoms with Crippen molar-refractivity contribution in [1.29, 1.82) is 0 Å². The van der Waals surface area contributed by atoms with E-state index in [1.54, 1.807) is 22.6 Å². The molecule has 3 amide bonds. The minimum atomic E-state index is -0.173. The molecule has 9 heteroatoms. The number of hydrogen-bond acceptors (Lipinski definition) is 6.